The van der Waals surface area contributed by atoms with E-state index in [4.69, 9.17) is 4.99 Å². The summed E-state index contributed by atoms with van der Waals surface area (Å²) in [6, 6.07) is 7.54. The lowest BCUT2D eigenvalue weighted by Gasteiger charge is -2.17. The number of hydrogen-bond acceptors (Lipinski definition) is 3. The van der Waals surface area contributed by atoms with Gasteiger partial charge >= 0.3 is 0 Å². The van der Waals surface area contributed by atoms with Gasteiger partial charge < -0.3 is 15.5 Å². The fourth-order valence-electron chi connectivity index (χ4n) is 3.53. The summed E-state index contributed by atoms with van der Waals surface area (Å²) in [6.45, 7) is 9.46. The first-order valence-electron chi connectivity index (χ1n) is 9.59. The normalized spacial score (nSPS) is 20.7. The smallest absolute Gasteiger partial charge is 0.191 e. The molecule has 2 fully saturated rings. The maximum absolute atomic E-state index is 4.82. The third kappa shape index (κ3) is 6.30. The standard InChI is InChI=1S/C20H32N4S.HI/c1-4-21-20(22-12-16-9-10-24(14-16)18-7-8-18)23-13-17-6-5-15(2)11-19(17)25-3;/h5-6,11,16,18H,4,7-10,12-14H2,1-3H3,(H2,21,22,23);1H. The molecule has 26 heavy (non-hydrogen) atoms. The molecular formula is C20H33IN4S. The van der Waals surface area contributed by atoms with Crippen molar-refractivity contribution in [2.45, 2.75) is 50.6 Å². The lowest BCUT2D eigenvalue weighted by Crippen LogP contribution is -2.40. The van der Waals surface area contributed by atoms with Crippen LogP contribution in [0.1, 0.15) is 37.3 Å². The van der Waals surface area contributed by atoms with Crippen LogP contribution in [-0.4, -0.2) is 49.3 Å². The molecule has 0 radical (unpaired) electrons. The minimum atomic E-state index is 0. The van der Waals surface area contributed by atoms with E-state index in [1.807, 2.05) is 0 Å². The van der Waals surface area contributed by atoms with Crippen molar-refractivity contribution in [3.63, 3.8) is 0 Å². The molecule has 3 rings (SSSR count). The zero-order valence-electron chi connectivity index (χ0n) is 16.3. The van der Waals surface area contributed by atoms with E-state index in [2.05, 4.69) is 53.8 Å². The highest BCUT2D eigenvalue weighted by molar-refractivity contribution is 14.0. The number of nitrogens with zero attached hydrogens (tertiary/aromatic N) is 2. The van der Waals surface area contributed by atoms with Gasteiger partial charge in [-0.15, -0.1) is 35.7 Å². The Morgan fingerprint density at radius 2 is 2.08 bits per heavy atom. The van der Waals surface area contributed by atoms with Crippen LogP contribution in [0.3, 0.4) is 0 Å². The fraction of sp³-hybridized carbons (Fsp3) is 0.650. The summed E-state index contributed by atoms with van der Waals surface area (Å²) in [5.41, 5.74) is 2.61. The van der Waals surface area contributed by atoms with Gasteiger partial charge in [-0.1, -0.05) is 12.1 Å². The molecule has 1 atom stereocenters. The molecule has 6 heteroatoms. The number of benzene rings is 1. The highest BCUT2D eigenvalue weighted by atomic mass is 127. The van der Waals surface area contributed by atoms with Crippen LogP contribution in [0.5, 0.6) is 0 Å². The number of guanidine groups is 1. The van der Waals surface area contributed by atoms with Crippen LogP contribution in [0.2, 0.25) is 0 Å². The summed E-state index contributed by atoms with van der Waals surface area (Å²) in [6.07, 6.45) is 6.28. The Morgan fingerprint density at radius 3 is 2.77 bits per heavy atom. The molecule has 0 bridgehead atoms. The Morgan fingerprint density at radius 1 is 1.27 bits per heavy atom. The molecule has 1 aliphatic heterocycles. The van der Waals surface area contributed by atoms with Gasteiger partial charge in [0.25, 0.3) is 0 Å². The van der Waals surface area contributed by atoms with E-state index in [9.17, 15) is 0 Å². The number of hydrogen-bond donors (Lipinski definition) is 2. The fourth-order valence-corrected chi connectivity index (χ4v) is 4.23. The molecule has 1 saturated heterocycles. The van der Waals surface area contributed by atoms with Crippen LogP contribution in [0.25, 0.3) is 0 Å². The number of rotatable bonds is 7. The quantitative estimate of drug-likeness (QED) is 0.265. The molecule has 1 saturated carbocycles. The molecule has 1 heterocycles. The predicted octanol–water partition coefficient (Wildman–Crippen LogP) is 3.87. The van der Waals surface area contributed by atoms with Crippen LogP contribution in [0.15, 0.2) is 28.1 Å². The van der Waals surface area contributed by atoms with Gasteiger partial charge in [-0.2, -0.15) is 0 Å². The van der Waals surface area contributed by atoms with E-state index in [-0.39, 0.29) is 24.0 Å². The zero-order valence-corrected chi connectivity index (χ0v) is 19.4. The van der Waals surface area contributed by atoms with Crippen molar-refractivity contribution in [3.05, 3.63) is 29.3 Å². The van der Waals surface area contributed by atoms with E-state index in [1.165, 1.54) is 48.4 Å². The Kier molecular flexibility index (Phi) is 9.03. The van der Waals surface area contributed by atoms with E-state index in [0.29, 0.717) is 0 Å². The van der Waals surface area contributed by atoms with Gasteiger partial charge in [0.2, 0.25) is 0 Å². The number of aliphatic imine (C=N–C) groups is 1. The number of halogens is 1. The summed E-state index contributed by atoms with van der Waals surface area (Å²) in [4.78, 5) is 8.82. The second-order valence-electron chi connectivity index (χ2n) is 7.27. The molecule has 0 spiro atoms. The van der Waals surface area contributed by atoms with Crippen molar-refractivity contribution in [1.29, 1.82) is 0 Å². The van der Waals surface area contributed by atoms with Crippen molar-refractivity contribution in [2.75, 3.05) is 32.4 Å². The van der Waals surface area contributed by atoms with E-state index in [1.54, 1.807) is 11.8 Å². The molecule has 1 aliphatic carbocycles. The number of likely N-dealkylation sites (tertiary alicyclic amines) is 1. The van der Waals surface area contributed by atoms with Crippen molar-refractivity contribution in [2.24, 2.45) is 10.9 Å². The van der Waals surface area contributed by atoms with Crippen molar-refractivity contribution >= 4 is 41.7 Å². The van der Waals surface area contributed by atoms with Crippen molar-refractivity contribution < 1.29 is 0 Å². The van der Waals surface area contributed by atoms with Crippen LogP contribution in [-0.2, 0) is 6.54 Å². The zero-order chi connectivity index (χ0) is 17.6. The maximum Gasteiger partial charge on any atom is 0.191 e. The second kappa shape index (κ2) is 10.8. The third-order valence-electron chi connectivity index (χ3n) is 5.13. The van der Waals surface area contributed by atoms with Gasteiger partial charge in [0.15, 0.2) is 5.96 Å². The molecular weight excluding hydrogens is 455 g/mol. The summed E-state index contributed by atoms with van der Waals surface area (Å²) >= 11 is 1.80. The predicted molar refractivity (Wildman–Crippen MR) is 124 cm³/mol. The number of aryl methyl sites for hydroxylation is 1. The number of nitrogens with one attached hydrogen (secondary N) is 2. The van der Waals surface area contributed by atoms with Crippen LogP contribution in [0.4, 0.5) is 0 Å². The van der Waals surface area contributed by atoms with Gasteiger partial charge in [0, 0.05) is 30.6 Å². The summed E-state index contributed by atoms with van der Waals surface area (Å²) in [7, 11) is 0. The lowest BCUT2D eigenvalue weighted by atomic mass is 10.1. The van der Waals surface area contributed by atoms with Gasteiger partial charge in [0.1, 0.15) is 0 Å². The van der Waals surface area contributed by atoms with Crippen LogP contribution in [0, 0.1) is 12.8 Å². The topological polar surface area (TPSA) is 39.7 Å². The monoisotopic (exact) mass is 488 g/mol. The van der Waals surface area contributed by atoms with Crippen LogP contribution >= 0.6 is 35.7 Å². The molecule has 1 unspecified atom stereocenters. The number of thioether (sulfide) groups is 1. The minimum Gasteiger partial charge on any atom is -0.357 e. The molecule has 2 N–H and O–H groups in total. The Labute approximate surface area is 180 Å². The third-order valence-corrected chi connectivity index (χ3v) is 5.95. The first-order chi connectivity index (χ1) is 12.2. The van der Waals surface area contributed by atoms with Gasteiger partial charge in [-0.3, -0.25) is 0 Å². The van der Waals surface area contributed by atoms with Crippen molar-refractivity contribution in [1.82, 2.24) is 15.5 Å². The molecule has 0 amide bonds. The highest BCUT2D eigenvalue weighted by Gasteiger charge is 2.34. The largest absolute Gasteiger partial charge is 0.357 e. The van der Waals surface area contributed by atoms with Crippen molar-refractivity contribution in [3.8, 4) is 0 Å². The summed E-state index contributed by atoms with van der Waals surface area (Å²) < 4.78 is 0. The first kappa shape index (κ1) is 21.8. The SMILES string of the molecule is CCNC(=NCc1ccc(C)cc1SC)NCC1CCN(C2CC2)C1.I. The molecule has 2 aliphatic rings. The Balaban J connectivity index is 0.00000243. The van der Waals surface area contributed by atoms with Gasteiger partial charge in [-0.25, -0.2) is 4.99 Å². The maximum atomic E-state index is 4.82. The van der Waals surface area contributed by atoms with E-state index in [0.717, 1.165) is 37.6 Å². The van der Waals surface area contributed by atoms with E-state index < -0.39 is 0 Å². The first-order valence-corrected chi connectivity index (χ1v) is 10.8. The lowest BCUT2D eigenvalue weighted by molar-refractivity contribution is 0.314. The molecule has 4 nitrogen and oxygen atoms in total. The summed E-state index contributed by atoms with van der Waals surface area (Å²) in [5.74, 6) is 1.70. The average molecular weight is 488 g/mol. The Bertz CT molecular complexity index is 603. The molecule has 1 aromatic carbocycles. The minimum absolute atomic E-state index is 0. The molecule has 0 aromatic heterocycles. The molecule has 146 valence electrons. The van der Waals surface area contributed by atoms with Gasteiger partial charge in [-0.05, 0) is 69.0 Å². The highest BCUT2D eigenvalue weighted by Crippen LogP contribution is 2.31. The van der Waals surface area contributed by atoms with Crippen LogP contribution < -0.4 is 10.6 Å². The average Bonchev–Trinajstić information content (AvgIpc) is 3.36. The van der Waals surface area contributed by atoms with E-state index >= 15 is 0 Å². The second-order valence-corrected chi connectivity index (χ2v) is 8.12. The molecule has 1 aromatic rings. The Hall–Kier alpha value is -0.470. The van der Waals surface area contributed by atoms with Gasteiger partial charge in [0.05, 0.1) is 6.54 Å². The summed E-state index contributed by atoms with van der Waals surface area (Å²) in [5, 5.41) is 6.96.